The number of H-pyrrole nitrogens is 1. The molecule has 0 saturated carbocycles. The molecule has 1 aliphatic heterocycles. The summed E-state index contributed by atoms with van der Waals surface area (Å²) < 4.78 is 5.52. The minimum atomic E-state index is 0. The predicted octanol–water partition coefficient (Wildman–Crippen LogP) is 2.71. The highest BCUT2D eigenvalue weighted by Crippen LogP contribution is 2.30. The summed E-state index contributed by atoms with van der Waals surface area (Å²) in [5.41, 5.74) is 2.72. The first kappa shape index (κ1) is 13.7. The zero-order valence-electron chi connectivity index (χ0n) is 10.8. The second-order valence-corrected chi connectivity index (χ2v) is 4.48. The molecular weight excluding hydrogens is 264 g/mol. The SMILES string of the molecule is CCOc1ccc2[nH]c(=O)c3c(c2c1)NCCC3.Cl. The minimum absolute atomic E-state index is 0. The van der Waals surface area contributed by atoms with E-state index in [4.69, 9.17) is 4.74 Å². The van der Waals surface area contributed by atoms with Crippen LogP contribution >= 0.6 is 12.4 Å². The molecule has 0 spiro atoms. The third-order valence-electron chi connectivity index (χ3n) is 3.30. The van der Waals surface area contributed by atoms with Gasteiger partial charge in [-0.25, -0.2) is 0 Å². The molecule has 1 aromatic carbocycles. The van der Waals surface area contributed by atoms with Crippen LogP contribution in [0.4, 0.5) is 5.69 Å². The highest BCUT2D eigenvalue weighted by Gasteiger charge is 2.16. The summed E-state index contributed by atoms with van der Waals surface area (Å²) >= 11 is 0. The fourth-order valence-corrected chi connectivity index (χ4v) is 2.49. The van der Waals surface area contributed by atoms with Gasteiger partial charge in [-0.3, -0.25) is 4.79 Å². The van der Waals surface area contributed by atoms with Gasteiger partial charge in [0.25, 0.3) is 5.56 Å². The van der Waals surface area contributed by atoms with E-state index in [1.165, 1.54) is 0 Å². The maximum Gasteiger partial charge on any atom is 0.253 e. The maximum absolute atomic E-state index is 12.0. The second-order valence-electron chi connectivity index (χ2n) is 4.48. The van der Waals surface area contributed by atoms with Crippen molar-refractivity contribution < 1.29 is 4.74 Å². The Hall–Kier alpha value is -1.68. The lowest BCUT2D eigenvalue weighted by Crippen LogP contribution is -2.22. The average Bonchev–Trinajstić information content (AvgIpc) is 2.40. The van der Waals surface area contributed by atoms with Crippen LogP contribution in [0.3, 0.4) is 0 Å². The highest BCUT2D eigenvalue weighted by molar-refractivity contribution is 5.94. The largest absolute Gasteiger partial charge is 0.494 e. The van der Waals surface area contributed by atoms with Crippen LogP contribution < -0.4 is 15.6 Å². The lowest BCUT2D eigenvalue weighted by atomic mass is 10.0. The highest BCUT2D eigenvalue weighted by atomic mass is 35.5. The summed E-state index contributed by atoms with van der Waals surface area (Å²) in [6.45, 7) is 3.53. The van der Waals surface area contributed by atoms with E-state index in [0.717, 1.165) is 47.3 Å². The first-order valence-electron chi connectivity index (χ1n) is 6.35. The van der Waals surface area contributed by atoms with Crippen molar-refractivity contribution in [3.63, 3.8) is 0 Å². The number of rotatable bonds is 2. The van der Waals surface area contributed by atoms with E-state index in [9.17, 15) is 4.79 Å². The van der Waals surface area contributed by atoms with Crippen molar-refractivity contribution in [2.45, 2.75) is 19.8 Å². The molecule has 3 rings (SSSR count). The van der Waals surface area contributed by atoms with Gasteiger partial charge in [0.1, 0.15) is 5.75 Å². The summed E-state index contributed by atoms with van der Waals surface area (Å²) in [6, 6.07) is 5.78. The van der Waals surface area contributed by atoms with Gasteiger partial charge in [-0.15, -0.1) is 12.4 Å². The molecule has 0 bridgehead atoms. The van der Waals surface area contributed by atoms with Gasteiger partial charge >= 0.3 is 0 Å². The fourth-order valence-electron chi connectivity index (χ4n) is 2.49. The van der Waals surface area contributed by atoms with E-state index >= 15 is 0 Å². The van der Waals surface area contributed by atoms with Crippen LogP contribution in [0.5, 0.6) is 5.75 Å². The van der Waals surface area contributed by atoms with Gasteiger partial charge in [0.15, 0.2) is 0 Å². The van der Waals surface area contributed by atoms with E-state index in [1.807, 2.05) is 25.1 Å². The minimum Gasteiger partial charge on any atom is -0.494 e. The molecule has 102 valence electrons. The van der Waals surface area contributed by atoms with Gasteiger partial charge < -0.3 is 15.0 Å². The zero-order chi connectivity index (χ0) is 12.5. The number of aromatic amines is 1. The van der Waals surface area contributed by atoms with Crippen LogP contribution in [0.1, 0.15) is 18.9 Å². The molecule has 0 radical (unpaired) electrons. The van der Waals surface area contributed by atoms with E-state index in [0.29, 0.717) is 6.61 Å². The number of nitrogens with one attached hydrogen (secondary N) is 2. The Morgan fingerprint density at radius 1 is 1.37 bits per heavy atom. The van der Waals surface area contributed by atoms with E-state index < -0.39 is 0 Å². The molecule has 0 unspecified atom stereocenters. The Labute approximate surface area is 117 Å². The topological polar surface area (TPSA) is 54.1 Å². The number of anilines is 1. The van der Waals surface area contributed by atoms with Gasteiger partial charge in [0.2, 0.25) is 0 Å². The molecule has 0 amide bonds. The molecular formula is C14H17ClN2O2. The first-order chi connectivity index (χ1) is 8.79. The summed E-state index contributed by atoms with van der Waals surface area (Å²) in [4.78, 5) is 14.9. The maximum atomic E-state index is 12.0. The summed E-state index contributed by atoms with van der Waals surface area (Å²) in [5, 5.41) is 4.38. The lowest BCUT2D eigenvalue weighted by molar-refractivity contribution is 0.340. The average molecular weight is 281 g/mol. The quantitative estimate of drug-likeness (QED) is 0.889. The van der Waals surface area contributed by atoms with Crippen LogP contribution in [-0.4, -0.2) is 18.1 Å². The molecule has 0 saturated heterocycles. The fraction of sp³-hybridized carbons (Fsp3) is 0.357. The summed E-state index contributed by atoms with van der Waals surface area (Å²) in [6.07, 6.45) is 1.85. The summed E-state index contributed by atoms with van der Waals surface area (Å²) in [7, 11) is 0. The smallest absolute Gasteiger partial charge is 0.253 e. The van der Waals surface area contributed by atoms with Crippen molar-refractivity contribution in [1.82, 2.24) is 4.98 Å². The van der Waals surface area contributed by atoms with E-state index in [2.05, 4.69) is 10.3 Å². The van der Waals surface area contributed by atoms with Crippen LogP contribution in [0.25, 0.3) is 10.9 Å². The van der Waals surface area contributed by atoms with Gasteiger partial charge in [-0.1, -0.05) is 0 Å². The number of hydrogen-bond acceptors (Lipinski definition) is 3. The number of pyridine rings is 1. The number of benzene rings is 1. The predicted molar refractivity (Wildman–Crippen MR) is 79.8 cm³/mol. The molecule has 0 fully saturated rings. The van der Waals surface area contributed by atoms with Gasteiger partial charge in [-0.05, 0) is 38.0 Å². The first-order valence-corrected chi connectivity index (χ1v) is 6.35. The Balaban J connectivity index is 0.00000133. The number of aromatic nitrogens is 1. The zero-order valence-corrected chi connectivity index (χ0v) is 11.6. The standard InChI is InChI=1S/C14H16N2O2.ClH/c1-2-18-9-5-6-12-11(8-9)13-10(14(17)16-12)4-3-7-15-13;/h5-6,8,15H,2-4,7H2,1H3,(H,16,17);1H. The Bertz CT molecular complexity index is 652. The number of halogens is 1. The molecule has 1 aromatic heterocycles. The molecule has 5 heteroatoms. The van der Waals surface area contributed by atoms with Crippen molar-refractivity contribution >= 4 is 29.0 Å². The normalized spacial score (nSPS) is 13.3. The molecule has 0 atom stereocenters. The van der Waals surface area contributed by atoms with Crippen LogP contribution in [-0.2, 0) is 6.42 Å². The van der Waals surface area contributed by atoms with Gasteiger partial charge in [-0.2, -0.15) is 0 Å². The third kappa shape index (κ3) is 2.40. The molecule has 2 heterocycles. The molecule has 19 heavy (non-hydrogen) atoms. The van der Waals surface area contributed by atoms with Crippen molar-refractivity contribution in [2.24, 2.45) is 0 Å². The monoisotopic (exact) mass is 280 g/mol. The van der Waals surface area contributed by atoms with Crippen molar-refractivity contribution in [3.8, 4) is 5.75 Å². The molecule has 2 aromatic rings. The Morgan fingerprint density at radius 2 is 2.21 bits per heavy atom. The number of fused-ring (bicyclic) bond motifs is 3. The molecule has 1 aliphatic rings. The molecule has 2 N–H and O–H groups in total. The van der Waals surface area contributed by atoms with Crippen LogP contribution in [0.2, 0.25) is 0 Å². The third-order valence-corrected chi connectivity index (χ3v) is 3.30. The van der Waals surface area contributed by atoms with Gasteiger partial charge in [0.05, 0.1) is 17.8 Å². The Morgan fingerprint density at radius 3 is 3.00 bits per heavy atom. The lowest BCUT2D eigenvalue weighted by Gasteiger charge is -2.19. The second kappa shape index (κ2) is 5.53. The van der Waals surface area contributed by atoms with E-state index in [-0.39, 0.29) is 18.0 Å². The molecule has 0 aliphatic carbocycles. The Kier molecular flexibility index (Phi) is 4.00. The van der Waals surface area contributed by atoms with Crippen molar-refractivity contribution in [1.29, 1.82) is 0 Å². The number of ether oxygens (including phenoxy) is 1. The number of hydrogen-bond donors (Lipinski definition) is 2. The van der Waals surface area contributed by atoms with E-state index in [1.54, 1.807) is 0 Å². The van der Waals surface area contributed by atoms with Crippen molar-refractivity contribution in [2.75, 3.05) is 18.5 Å². The van der Waals surface area contributed by atoms with Crippen LogP contribution in [0, 0.1) is 0 Å². The van der Waals surface area contributed by atoms with Gasteiger partial charge in [0, 0.05) is 17.5 Å². The summed E-state index contributed by atoms with van der Waals surface area (Å²) in [5.74, 6) is 0.839. The van der Waals surface area contributed by atoms with Crippen LogP contribution in [0.15, 0.2) is 23.0 Å². The molecule has 4 nitrogen and oxygen atoms in total. The van der Waals surface area contributed by atoms with Crippen molar-refractivity contribution in [3.05, 3.63) is 34.1 Å².